The Kier molecular flexibility index (Phi) is 8.71. The van der Waals surface area contributed by atoms with E-state index in [0.717, 1.165) is 28.4 Å². The molecular weight excluding hydrogens is 446 g/mol. The van der Waals surface area contributed by atoms with Crippen LogP contribution in [-0.4, -0.2) is 31.8 Å². The molecule has 0 radical (unpaired) electrons. The number of nitrogens with zero attached hydrogens (tertiary/aromatic N) is 1. The smallest absolute Gasteiger partial charge is 0.254 e. The van der Waals surface area contributed by atoms with E-state index in [1.165, 1.54) is 19.3 Å². The molecule has 0 atom stereocenters. The molecule has 30 heavy (non-hydrogen) atoms. The van der Waals surface area contributed by atoms with Crippen LogP contribution < -0.4 is 20.2 Å². The Bertz CT molecular complexity index is 852. The first kappa shape index (κ1) is 22.3. The van der Waals surface area contributed by atoms with Gasteiger partial charge in [0.2, 0.25) is 0 Å². The summed E-state index contributed by atoms with van der Waals surface area (Å²) in [5, 5.41) is 7.37. The second kappa shape index (κ2) is 11.7. The summed E-state index contributed by atoms with van der Waals surface area (Å²) in [6.45, 7) is 0.717. The van der Waals surface area contributed by atoms with E-state index in [4.69, 9.17) is 9.47 Å². The lowest BCUT2D eigenvalue weighted by Gasteiger charge is -2.22. The van der Waals surface area contributed by atoms with Crippen molar-refractivity contribution in [2.75, 3.05) is 13.7 Å². The molecule has 0 heterocycles. The second-order valence-corrected chi connectivity index (χ2v) is 8.17. The number of methoxy groups -OCH3 is 1. The van der Waals surface area contributed by atoms with Crippen LogP contribution in [0.5, 0.6) is 11.5 Å². The molecule has 160 valence electrons. The third-order valence-electron chi connectivity index (χ3n) is 5.04. The van der Waals surface area contributed by atoms with Gasteiger partial charge in [-0.1, -0.05) is 49.6 Å². The van der Waals surface area contributed by atoms with E-state index in [2.05, 4.69) is 31.8 Å². The molecule has 1 amide bonds. The molecule has 0 aromatic heterocycles. The van der Waals surface area contributed by atoms with Crippen LogP contribution in [0.15, 0.2) is 52.0 Å². The van der Waals surface area contributed by atoms with Crippen molar-refractivity contribution in [3.63, 3.8) is 0 Å². The van der Waals surface area contributed by atoms with Crippen LogP contribution in [0.2, 0.25) is 0 Å². The summed E-state index contributed by atoms with van der Waals surface area (Å²) in [5.41, 5.74) is 4.42. The average molecular weight is 474 g/mol. The Hall–Kier alpha value is -2.38. The molecule has 1 fully saturated rings. The number of nitrogens with one attached hydrogen (secondary N) is 2. The number of halogens is 1. The van der Waals surface area contributed by atoms with Crippen molar-refractivity contribution in [2.45, 2.75) is 44.8 Å². The molecule has 7 heteroatoms. The molecule has 1 aliphatic rings. The highest BCUT2D eigenvalue weighted by Gasteiger charge is 2.14. The number of hydrogen-bond acceptors (Lipinski definition) is 5. The van der Waals surface area contributed by atoms with E-state index < -0.39 is 0 Å². The number of carbonyl (C=O) groups is 1. The Morgan fingerprint density at radius 3 is 2.70 bits per heavy atom. The van der Waals surface area contributed by atoms with E-state index in [9.17, 15) is 4.79 Å². The Morgan fingerprint density at radius 2 is 1.97 bits per heavy atom. The van der Waals surface area contributed by atoms with Gasteiger partial charge < -0.3 is 14.8 Å². The SMILES string of the molecule is COc1cc(/C=N\NC(=O)CNC2CCCCC2)cc(Br)c1OCc1ccccc1. The number of hydrogen-bond donors (Lipinski definition) is 2. The van der Waals surface area contributed by atoms with Gasteiger partial charge in [-0.05, 0) is 52.0 Å². The van der Waals surface area contributed by atoms with Crippen molar-refractivity contribution in [2.24, 2.45) is 5.10 Å². The fourth-order valence-corrected chi connectivity index (χ4v) is 4.02. The van der Waals surface area contributed by atoms with Crippen LogP contribution in [0.25, 0.3) is 0 Å². The standard InChI is InChI=1S/C23H28BrN3O3/c1-29-21-13-18(12-20(24)23(21)30-16-17-8-4-2-5-9-17)14-26-27-22(28)15-25-19-10-6-3-7-11-19/h2,4-5,8-9,12-14,19,25H,3,6-7,10-11,15-16H2,1H3,(H,27,28)/b26-14-. The van der Waals surface area contributed by atoms with Crippen molar-refractivity contribution >= 4 is 28.1 Å². The third-order valence-corrected chi connectivity index (χ3v) is 5.63. The molecule has 0 saturated heterocycles. The molecule has 3 rings (SSSR count). The predicted octanol–water partition coefficient (Wildman–Crippen LogP) is 4.41. The second-order valence-electron chi connectivity index (χ2n) is 7.32. The summed E-state index contributed by atoms with van der Waals surface area (Å²) in [6.07, 6.45) is 7.64. The number of carbonyl (C=O) groups excluding carboxylic acids is 1. The summed E-state index contributed by atoms with van der Waals surface area (Å²) in [7, 11) is 1.59. The summed E-state index contributed by atoms with van der Waals surface area (Å²) >= 11 is 3.54. The summed E-state index contributed by atoms with van der Waals surface area (Å²) < 4.78 is 12.2. The summed E-state index contributed by atoms with van der Waals surface area (Å²) in [4.78, 5) is 12.0. The average Bonchev–Trinajstić information content (AvgIpc) is 2.78. The zero-order valence-corrected chi connectivity index (χ0v) is 18.8. The zero-order chi connectivity index (χ0) is 21.2. The van der Waals surface area contributed by atoms with Crippen molar-refractivity contribution in [3.05, 3.63) is 58.1 Å². The molecule has 2 aromatic carbocycles. The van der Waals surface area contributed by atoms with Gasteiger partial charge in [-0.15, -0.1) is 0 Å². The summed E-state index contributed by atoms with van der Waals surface area (Å²) in [5.74, 6) is 1.07. The normalized spacial score (nSPS) is 14.6. The first-order valence-corrected chi connectivity index (χ1v) is 11.0. The van der Waals surface area contributed by atoms with Gasteiger partial charge in [0.1, 0.15) is 6.61 Å². The van der Waals surface area contributed by atoms with Crippen LogP contribution >= 0.6 is 15.9 Å². The van der Waals surface area contributed by atoms with Gasteiger partial charge in [-0.2, -0.15) is 5.10 Å². The summed E-state index contributed by atoms with van der Waals surface area (Å²) in [6, 6.07) is 14.1. The lowest BCUT2D eigenvalue weighted by Crippen LogP contribution is -2.38. The largest absolute Gasteiger partial charge is 0.493 e. The van der Waals surface area contributed by atoms with Crippen molar-refractivity contribution in [1.29, 1.82) is 0 Å². The zero-order valence-electron chi connectivity index (χ0n) is 17.2. The third kappa shape index (κ3) is 6.85. The van der Waals surface area contributed by atoms with Gasteiger partial charge in [0, 0.05) is 6.04 Å². The van der Waals surface area contributed by atoms with E-state index in [1.54, 1.807) is 13.3 Å². The van der Waals surface area contributed by atoms with E-state index in [1.807, 2.05) is 42.5 Å². The number of amides is 1. The molecule has 2 aromatic rings. The van der Waals surface area contributed by atoms with Crippen molar-refractivity contribution < 1.29 is 14.3 Å². The molecule has 0 spiro atoms. The van der Waals surface area contributed by atoms with Gasteiger partial charge in [0.25, 0.3) is 5.91 Å². The number of ether oxygens (including phenoxy) is 2. The van der Waals surface area contributed by atoms with E-state index in [0.29, 0.717) is 24.1 Å². The minimum absolute atomic E-state index is 0.148. The van der Waals surface area contributed by atoms with Crippen LogP contribution in [0.4, 0.5) is 0 Å². The maximum absolute atomic E-state index is 12.0. The minimum atomic E-state index is -0.148. The Morgan fingerprint density at radius 1 is 1.20 bits per heavy atom. The molecule has 0 aliphatic heterocycles. The predicted molar refractivity (Wildman–Crippen MR) is 122 cm³/mol. The van der Waals surface area contributed by atoms with Gasteiger partial charge in [0.05, 0.1) is 24.3 Å². The number of hydrazone groups is 1. The van der Waals surface area contributed by atoms with Crippen LogP contribution in [-0.2, 0) is 11.4 Å². The maximum Gasteiger partial charge on any atom is 0.254 e. The van der Waals surface area contributed by atoms with Gasteiger partial charge in [-0.25, -0.2) is 5.43 Å². The molecule has 0 unspecified atom stereocenters. The Labute approximate surface area is 186 Å². The molecule has 0 bridgehead atoms. The van der Waals surface area contributed by atoms with Crippen LogP contribution in [0.1, 0.15) is 43.2 Å². The fourth-order valence-electron chi connectivity index (χ4n) is 3.45. The number of benzene rings is 2. The molecule has 1 saturated carbocycles. The van der Waals surface area contributed by atoms with Gasteiger partial charge >= 0.3 is 0 Å². The maximum atomic E-state index is 12.0. The topological polar surface area (TPSA) is 72.0 Å². The Balaban J connectivity index is 1.53. The molecule has 1 aliphatic carbocycles. The van der Waals surface area contributed by atoms with Crippen molar-refractivity contribution in [3.8, 4) is 11.5 Å². The van der Waals surface area contributed by atoms with Gasteiger partial charge in [-0.3, -0.25) is 4.79 Å². The number of rotatable bonds is 9. The minimum Gasteiger partial charge on any atom is -0.493 e. The first-order chi connectivity index (χ1) is 14.7. The lowest BCUT2D eigenvalue weighted by atomic mass is 9.95. The highest BCUT2D eigenvalue weighted by Crippen LogP contribution is 2.36. The monoisotopic (exact) mass is 473 g/mol. The van der Waals surface area contributed by atoms with E-state index in [-0.39, 0.29) is 12.5 Å². The first-order valence-electron chi connectivity index (χ1n) is 10.2. The molecule has 6 nitrogen and oxygen atoms in total. The van der Waals surface area contributed by atoms with Gasteiger partial charge in [0.15, 0.2) is 11.5 Å². The fraction of sp³-hybridized carbons (Fsp3) is 0.391. The highest BCUT2D eigenvalue weighted by atomic mass is 79.9. The molecule has 2 N–H and O–H groups in total. The molecular formula is C23H28BrN3O3. The quantitative estimate of drug-likeness (QED) is 0.417. The van der Waals surface area contributed by atoms with Crippen molar-refractivity contribution in [1.82, 2.24) is 10.7 Å². The van der Waals surface area contributed by atoms with Crippen LogP contribution in [0.3, 0.4) is 0 Å². The van der Waals surface area contributed by atoms with E-state index >= 15 is 0 Å². The highest BCUT2D eigenvalue weighted by molar-refractivity contribution is 9.10. The van der Waals surface area contributed by atoms with Crippen LogP contribution in [0, 0.1) is 0 Å². The lowest BCUT2D eigenvalue weighted by molar-refractivity contribution is -0.120.